The van der Waals surface area contributed by atoms with Crippen LogP contribution in [0, 0.1) is 11.8 Å². The fourth-order valence-electron chi connectivity index (χ4n) is 4.88. The Hall–Kier alpha value is -3.58. The van der Waals surface area contributed by atoms with Gasteiger partial charge in [-0.3, -0.25) is 19.2 Å². The number of esters is 4. The van der Waals surface area contributed by atoms with Crippen LogP contribution in [0.4, 0.5) is 0 Å². The van der Waals surface area contributed by atoms with Gasteiger partial charge in [-0.15, -0.1) is 0 Å². The Morgan fingerprint density at radius 2 is 1.42 bits per heavy atom. The number of carbonyl (C=O) groups excluding carboxylic acids is 4. The minimum Gasteiger partial charge on any atom is -0.466 e. The predicted molar refractivity (Wildman–Crippen MR) is 143 cm³/mol. The van der Waals surface area contributed by atoms with E-state index < -0.39 is 91.5 Å². The van der Waals surface area contributed by atoms with Crippen molar-refractivity contribution in [2.75, 3.05) is 13.2 Å². The Kier molecular flexibility index (Phi) is 12.0. The van der Waals surface area contributed by atoms with Gasteiger partial charge in [0.15, 0.2) is 18.3 Å². The van der Waals surface area contributed by atoms with Gasteiger partial charge < -0.3 is 48.8 Å². The summed E-state index contributed by atoms with van der Waals surface area (Å²) in [4.78, 5) is 47.6. The van der Waals surface area contributed by atoms with Crippen molar-refractivity contribution in [1.82, 2.24) is 0 Å². The van der Waals surface area contributed by atoms with Crippen LogP contribution in [0.3, 0.4) is 0 Å². The highest BCUT2D eigenvalue weighted by Gasteiger charge is 2.52. The van der Waals surface area contributed by atoms with Crippen molar-refractivity contribution in [2.45, 2.75) is 95.2 Å². The third kappa shape index (κ3) is 8.96. The summed E-state index contributed by atoms with van der Waals surface area (Å²) < 4.78 is 33.3. The minimum absolute atomic E-state index is 0.0369. The zero-order valence-corrected chi connectivity index (χ0v) is 24.1. The van der Waals surface area contributed by atoms with Crippen molar-refractivity contribution in [2.24, 2.45) is 0 Å². The van der Waals surface area contributed by atoms with Crippen molar-refractivity contribution in [3.05, 3.63) is 35.4 Å². The van der Waals surface area contributed by atoms with Gasteiger partial charge in [0.2, 0.25) is 0 Å². The summed E-state index contributed by atoms with van der Waals surface area (Å²) in [6.07, 6.45) is -12.8. The minimum atomic E-state index is -1.59. The van der Waals surface area contributed by atoms with E-state index in [4.69, 9.17) is 28.4 Å². The van der Waals surface area contributed by atoms with Crippen LogP contribution < -0.4 is 0 Å². The summed E-state index contributed by atoms with van der Waals surface area (Å²) in [7, 11) is 0. The van der Waals surface area contributed by atoms with Crippen molar-refractivity contribution in [3.63, 3.8) is 0 Å². The third-order valence-corrected chi connectivity index (χ3v) is 6.71. The number of hydrogen-bond donors (Lipinski definition) is 4. The van der Waals surface area contributed by atoms with Gasteiger partial charge >= 0.3 is 23.9 Å². The lowest BCUT2D eigenvalue weighted by atomic mass is 9.88. The molecule has 0 radical (unpaired) electrons. The summed E-state index contributed by atoms with van der Waals surface area (Å²) in [6, 6.07) is 6.46. The molecule has 0 bridgehead atoms. The molecule has 2 saturated heterocycles. The smallest absolute Gasteiger partial charge is 0.303 e. The van der Waals surface area contributed by atoms with E-state index >= 15 is 0 Å². The molecule has 14 heteroatoms. The van der Waals surface area contributed by atoms with Crippen LogP contribution in [0.2, 0.25) is 0 Å². The van der Waals surface area contributed by atoms with Crippen molar-refractivity contribution < 1.29 is 68.0 Å². The summed E-state index contributed by atoms with van der Waals surface area (Å²) >= 11 is 0. The number of benzene rings is 1. The van der Waals surface area contributed by atoms with Gasteiger partial charge in [-0.25, -0.2) is 0 Å². The Morgan fingerprint density at radius 3 is 2.02 bits per heavy atom. The van der Waals surface area contributed by atoms with Gasteiger partial charge in [0, 0.05) is 39.7 Å². The Balaban J connectivity index is 1.99. The topological polar surface area (TPSA) is 205 Å². The molecule has 0 amide bonds. The highest BCUT2D eigenvalue weighted by molar-refractivity contribution is 5.68. The highest BCUT2D eigenvalue weighted by Crippen LogP contribution is 2.38. The first-order chi connectivity index (χ1) is 20.3. The average Bonchev–Trinajstić information content (AvgIpc) is 2.93. The lowest BCUT2D eigenvalue weighted by Crippen LogP contribution is -2.58. The van der Waals surface area contributed by atoms with Gasteiger partial charge in [-0.2, -0.15) is 0 Å². The van der Waals surface area contributed by atoms with Crippen molar-refractivity contribution >= 4 is 23.9 Å². The molecule has 1 aromatic carbocycles. The van der Waals surface area contributed by atoms with E-state index in [1.54, 1.807) is 24.3 Å². The summed E-state index contributed by atoms with van der Waals surface area (Å²) in [6.45, 7) is 3.95. The average molecular weight is 609 g/mol. The van der Waals surface area contributed by atoms with E-state index in [-0.39, 0.29) is 13.0 Å². The maximum Gasteiger partial charge on any atom is 0.303 e. The molecule has 14 nitrogen and oxygen atoms in total. The van der Waals surface area contributed by atoms with E-state index in [2.05, 4.69) is 11.8 Å². The lowest BCUT2D eigenvalue weighted by molar-refractivity contribution is -0.250. The number of aliphatic hydroxyl groups is 4. The number of hydrogen-bond acceptors (Lipinski definition) is 14. The molecule has 0 saturated carbocycles. The molecule has 10 atom stereocenters. The van der Waals surface area contributed by atoms with E-state index in [0.29, 0.717) is 11.1 Å². The van der Waals surface area contributed by atoms with Gasteiger partial charge in [-0.1, -0.05) is 24.0 Å². The molecule has 3 rings (SSSR count). The summed E-state index contributed by atoms with van der Waals surface area (Å²) in [5.41, 5.74) is 0.796. The molecular formula is C29H36O14. The first-order valence-electron chi connectivity index (χ1n) is 13.5. The molecule has 2 heterocycles. The van der Waals surface area contributed by atoms with Crippen molar-refractivity contribution in [1.29, 1.82) is 0 Å². The molecule has 0 unspecified atom stereocenters. The lowest BCUT2D eigenvalue weighted by Gasteiger charge is -2.45. The maximum absolute atomic E-state index is 12.2. The molecule has 2 fully saturated rings. The van der Waals surface area contributed by atoms with Crippen LogP contribution in [0.5, 0.6) is 0 Å². The zero-order valence-electron chi connectivity index (χ0n) is 24.1. The highest BCUT2D eigenvalue weighted by atomic mass is 16.6. The number of aliphatic hydroxyl groups excluding tert-OH is 4. The van der Waals surface area contributed by atoms with Crippen LogP contribution in [-0.4, -0.2) is 112 Å². The van der Waals surface area contributed by atoms with Crippen LogP contribution in [0.15, 0.2) is 24.3 Å². The van der Waals surface area contributed by atoms with Gasteiger partial charge in [0.05, 0.1) is 13.2 Å². The normalized spacial score (nSPS) is 32.0. The van der Waals surface area contributed by atoms with Gasteiger partial charge in [0.1, 0.15) is 42.7 Å². The molecule has 0 spiro atoms. The van der Waals surface area contributed by atoms with Crippen LogP contribution in [0.25, 0.3) is 0 Å². The largest absolute Gasteiger partial charge is 0.466 e. The second-order valence-corrected chi connectivity index (χ2v) is 10.1. The molecule has 2 aliphatic heterocycles. The fraction of sp³-hybridized carbons (Fsp3) is 0.586. The second-order valence-electron chi connectivity index (χ2n) is 10.1. The summed E-state index contributed by atoms with van der Waals surface area (Å²) in [5.74, 6) is 2.77. The molecule has 0 aliphatic carbocycles. The van der Waals surface area contributed by atoms with E-state index in [0.717, 1.165) is 20.8 Å². The van der Waals surface area contributed by atoms with Crippen LogP contribution in [-0.2, 0) is 47.6 Å². The molecule has 1 aromatic rings. The standard InChI is InChI=1S/C29H36O14/c1-14(31)38-11-10-21-27(39-15(2)32)29(41-17(4)34)28(40-16(3)33)26(43-21)19-7-5-6-18(12-19)8-9-20-23(35)25(37)24(36)22(13-30)42-20/h5-7,12,20-30,35-37H,10-11,13H2,1-4H3/t20-,21-,22-,23-,24-,25-,26-,27-,28-,29+/m1/s1. The van der Waals surface area contributed by atoms with Crippen molar-refractivity contribution in [3.8, 4) is 11.8 Å². The summed E-state index contributed by atoms with van der Waals surface area (Å²) in [5, 5.41) is 39.8. The van der Waals surface area contributed by atoms with Crippen LogP contribution in [0.1, 0.15) is 51.3 Å². The van der Waals surface area contributed by atoms with Gasteiger partial charge in [0.25, 0.3) is 0 Å². The van der Waals surface area contributed by atoms with E-state index in [1.165, 1.54) is 6.92 Å². The Morgan fingerprint density at radius 1 is 0.791 bits per heavy atom. The van der Waals surface area contributed by atoms with E-state index in [1.807, 2.05) is 0 Å². The maximum atomic E-state index is 12.2. The van der Waals surface area contributed by atoms with Crippen LogP contribution >= 0.6 is 0 Å². The Bertz CT molecular complexity index is 1220. The zero-order chi connectivity index (χ0) is 31.8. The predicted octanol–water partition coefficient (Wildman–Crippen LogP) is -0.931. The Labute approximate surface area is 247 Å². The SMILES string of the molecule is CC(=O)OCC[C@H]1O[C@H](c2cccc(C#C[C@H]3O[C@H](CO)[C@@H](O)[C@H](O)[C@@H]3O)c2)[C@@H](OC(C)=O)[C@@H](OC(C)=O)[C@@H]1OC(C)=O. The monoisotopic (exact) mass is 608 g/mol. The third-order valence-electron chi connectivity index (χ3n) is 6.71. The first kappa shape index (κ1) is 33.9. The molecule has 236 valence electrons. The molecule has 2 aliphatic rings. The molecule has 0 aromatic heterocycles. The molecule has 4 N–H and O–H groups in total. The van der Waals surface area contributed by atoms with E-state index in [9.17, 15) is 39.6 Å². The second kappa shape index (κ2) is 15.2. The van der Waals surface area contributed by atoms with Gasteiger partial charge in [-0.05, 0) is 17.7 Å². The molecular weight excluding hydrogens is 572 g/mol. The number of ether oxygens (including phenoxy) is 6. The quantitative estimate of drug-likeness (QED) is 0.160. The first-order valence-corrected chi connectivity index (χ1v) is 13.5. The number of carbonyl (C=O) groups is 4. The molecule has 43 heavy (non-hydrogen) atoms. The fourth-order valence-corrected chi connectivity index (χ4v) is 4.88. The number of rotatable bonds is 8.